The van der Waals surface area contributed by atoms with Crippen molar-refractivity contribution in [2.75, 3.05) is 11.9 Å². The van der Waals surface area contributed by atoms with Crippen LogP contribution in [-0.4, -0.2) is 19.0 Å². The summed E-state index contributed by atoms with van der Waals surface area (Å²) in [4.78, 5) is 13.5. The monoisotopic (exact) mass is 245 g/mol. The molecule has 1 unspecified atom stereocenters. The van der Waals surface area contributed by atoms with Gasteiger partial charge in [0.25, 0.3) is 0 Å². The third-order valence-corrected chi connectivity index (χ3v) is 2.81. The van der Waals surface area contributed by atoms with Gasteiger partial charge in [-0.05, 0) is 44.0 Å². The smallest absolute Gasteiger partial charge is 0.226 e. The molecule has 4 nitrogen and oxygen atoms in total. The Morgan fingerprint density at radius 1 is 1.44 bits per heavy atom. The van der Waals surface area contributed by atoms with Gasteiger partial charge in [-0.3, -0.25) is 4.79 Å². The molecule has 1 aromatic carbocycles. The first-order chi connectivity index (χ1) is 8.54. The van der Waals surface area contributed by atoms with Crippen molar-refractivity contribution in [3.8, 4) is 6.07 Å². The first-order valence-electron chi connectivity index (χ1n) is 6.07. The van der Waals surface area contributed by atoms with E-state index in [-0.39, 0.29) is 11.9 Å². The number of nitrogens with two attached hydrogens (primary N) is 1. The Bertz CT molecular complexity index is 431. The van der Waals surface area contributed by atoms with Gasteiger partial charge in [0.15, 0.2) is 0 Å². The summed E-state index contributed by atoms with van der Waals surface area (Å²) in [6, 6.07) is 9.17. The lowest BCUT2D eigenvalue weighted by molar-refractivity contribution is -0.118. The van der Waals surface area contributed by atoms with E-state index < -0.39 is 0 Å². The van der Waals surface area contributed by atoms with Crippen LogP contribution in [0.25, 0.3) is 0 Å². The van der Waals surface area contributed by atoms with Crippen LogP contribution in [-0.2, 0) is 4.79 Å². The topological polar surface area (TPSA) is 70.1 Å². The SMILES string of the molecule is CC(N)CCCC(=O)N(C)c1ccc(C#N)cc1. The summed E-state index contributed by atoms with van der Waals surface area (Å²) >= 11 is 0. The zero-order valence-electron chi connectivity index (χ0n) is 10.9. The van der Waals surface area contributed by atoms with E-state index in [1.165, 1.54) is 0 Å². The lowest BCUT2D eigenvalue weighted by Gasteiger charge is -2.17. The maximum Gasteiger partial charge on any atom is 0.226 e. The van der Waals surface area contributed by atoms with Crippen LogP contribution in [0.4, 0.5) is 5.69 Å². The summed E-state index contributed by atoms with van der Waals surface area (Å²) in [5.41, 5.74) is 7.04. The Kier molecular flexibility index (Phi) is 5.34. The molecule has 1 rings (SSSR count). The molecule has 0 saturated carbocycles. The number of carbonyl (C=O) groups excluding carboxylic acids is 1. The molecular formula is C14H19N3O. The lowest BCUT2D eigenvalue weighted by atomic mass is 10.1. The van der Waals surface area contributed by atoms with Crippen molar-refractivity contribution < 1.29 is 4.79 Å². The minimum absolute atomic E-state index is 0.0698. The number of anilines is 1. The van der Waals surface area contributed by atoms with E-state index >= 15 is 0 Å². The molecule has 18 heavy (non-hydrogen) atoms. The number of carbonyl (C=O) groups is 1. The van der Waals surface area contributed by atoms with Gasteiger partial charge in [0.05, 0.1) is 11.6 Å². The number of rotatable bonds is 5. The Morgan fingerprint density at radius 3 is 2.56 bits per heavy atom. The maximum absolute atomic E-state index is 11.9. The average molecular weight is 245 g/mol. The molecule has 1 aromatic rings. The van der Waals surface area contributed by atoms with Crippen LogP contribution in [0, 0.1) is 11.3 Å². The van der Waals surface area contributed by atoms with Gasteiger partial charge in [-0.2, -0.15) is 5.26 Å². The van der Waals surface area contributed by atoms with Crippen LogP contribution >= 0.6 is 0 Å². The Labute approximate surface area is 108 Å². The van der Waals surface area contributed by atoms with E-state index in [9.17, 15) is 4.79 Å². The van der Waals surface area contributed by atoms with Gasteiger partial charge in [-0.25, -0.2) is 0 Å². The molecule has 0 spiro atoms. The van der Waals surface area contributed by atoms with Crippen LogP contribution in [0.3, 0.4) is 0 Å². The van der Waals surface area contributed by atoms with Crippen molar-refractivity contribution in [1.82, 2.24) is 0 Å². The normalized spacial score (nSPS) is 11.7. The Morgan fingerprint density at radius 2 is 2.06 bits per heavy atom. The van der Waals surface area contributed by atoms with Crippen molar-refractivity contribution in [2.24, 2.45) is 5.73 Å². The van der Waals surface area contributed by atoms with Crippen molar-refractivity contribution in [2.45, 2.75) is 32.2 Å². The first kappa shape index (κ1) is 14.2. The highest BCUT2D eigenvalue weighted by Crippen LogP contribution is 2.15. The minimum atomic E-state index is 0.0698. The van der Waals surface area contributed by atoms with Crippen molar-refractivity contribution in [1.29, 1.82) is 5.26 Å². The Hall–Kier alpha value is -1.86. The maximum atomic E-state index is 11.9. The Balaban J connectivity index is 2.54. The molecule has 2 N–H and O–H groups in total. The molecule has 0 radical (unpaired) electrons. The molecule has 0 heterocycles. The fourth-order valence-corrected chi connectivity index (χ4v) is 1.65. The number of hydrogen-bond acceptors (Lipinski definition) is 3. The molecule has 4 heteroatoms. The highest BCUT2D eigenvalue weighted by Gasteiger charge is 2.10. The van der Waals surface area contributed by atoms with Gasteiger partial charge in [0.1, 0.15) is 0 Å². The molecule has 0 fully saturated rings. The van der Waals surface area contributed by atoms with Crippen LogP contribution in [0.2, 0.25) is 0 Å². The summed E-state index contributed by atoms with van der Waals surface area (Å²) in [6.07, 6.45) is 2.15. The van der Waals surface area contributed by atoms with E-state index in [0.717, 1.165) is 18.5 Å². The van der Waals surface area contributed by atoms with E-state index in [1.807, 2.05) is 6.92 Å². The highest BCUT2D eigenvalue weighted by molar-refractivity contribution is 5.92. The molecule has 0 bridgehead atoms. The summed E-state index contributed by atoms with van der Waals surface area (Å²) in [5, 5.41) is 8.70. The quantitative estimate of drug-likeness (QED) is 0.863. The molecule has 1 amide bonds. The number of nitrogens with zero attached hydrogens (tertiary/aromatic N) is 2. The number of amides is 1. The molecule has 0 aliphatic rings. The van der Waals surface area contributed by atoms with Crippen LogP contribution in [0.15, 0.2) is 24.3 Å². The summed E-state index contributed by atoms with van der Waals surface area (Å²) < 4.78 is 0. The average Bonchev–Trinajstić information content (AvgIpc) is 2.37. The van der Waals surface area contributed by atoms with Crippen LogP contribution < -0.4 is 10.6 Å². The van der Waals surface area contributed by atoms with Gasteiger partial charge < -0.3 is 10.6 Å². The fourth-order valence-electron chi connectivity index (χ4n) is 1.65. The predicted molar refractivity (Wildman–Crippen MR) is 72.1 cm³/mol. The molecular weight excluding hydrogens is 226 g/mol. The molecule has 0 aliphatic carbocycles. The number of hydrogen-bond donors (Lipinski definition) is 1. The second-order valence-electron chi connectivity index (χ2n) is 4.48. The minimum Gasteiger partial charge on any atom is -0.328 e. The third kappa shape index (κ3) is 4.19. The van der Waals surface area contributed by atoms with Gasteiger partial charge in [0.2, 0.25) is 5.91 Å². The van der Waals surface area contributed by atoms with Crippen molar-refractivity contribution in [3.63, 3.8) is 0 Å². The third-order valence-electron chi connectivity index (χ3n) is 2.81. The van der Waals surface area contributed by atoms with Gasteiger partial charge in [-0.1, -0.05) is 0 Å². The summed E-state index contributed by atoms with van der Waals surface area (Å²) in [6.45, 7) is 1.94. The molecule has 96 valence electrons. The number of nitriles is 1. The first-order valence-corrected chi connectivity index (χ1v) is 6.07. The summed E-state index contributed by atoms with van der Waals surface area (Å²) in [7, 11) is 1.75. The fraction of sp³-hybridized carbons (Fsp3) is 0.429. The van der Waals surface area contributed by atoms with E-state index in [2.05, 4.69) is 6.07 Å². The number of benzene rings is 1. The van der Waals surface area contributed by atoms with E-state index in [0.29, 0.717) is 12.0 Å². The summed E-state index contributed by atoms with van der Waals surface area (Å²) in [5.74, 6) is 0.0698. The molecule has 0 aliphatic heterocycles. The molecule has 0 aromatic heterocycles. The molecule has 1 atom stereocenters. The largest absolute Gasteiger partial charge is 0.328 e. The van der Waals surface area contributed by atoms with Crippen molar-refractivity contribution in [3.05, 3.63) is 29.8 Å². The van der Waals surface area contributed by atoms with E-state index in [4.69, 9.17) is 11.0 Å². The van der Waals surface area contributed by atoms with Crippen LogP contribution in [0.1, 0.15) is 31.7 Å². The van der Waals surface area contributed by atoms with Gasteiger partial charge in [-0.15, -0.1) is 0 Å². The van der Waals surface area contributed by atoms with Gasteiger partial charge in [0, 0.05) is 25.2 Å². The zero-order chi connectivity index (χ0) is 13.5. The predicted octanol–water partition coefficient (Wildman–Crippen LogP) is 2.04. The second kappa shape index (κ2) is 6.77. The van der Waals surface area contributed by atoms with Gasteiger partial charge >= 0.3 is 0 Å². The standard InChI is InChI=1S/C14H19N3O/c1-11(16)4-3-5-14(18)17(2)13-8-6-12(10-15)7-9-13/h6-9,11H,3-5,16H2,1-2H3. The highest BCUT2D eigenvalue weighted by atomic mass is 16.2. The second-order valence-corrected chi connectivity index (χ2v) is 4.48. The van der Waals surface area contributed by atoms with Crippen molar-refractivity contribution >= 4 is 11.6 Å². The zero-order valence-corrected chi connectivity index (χ0v) is 10.9. The lowest BCUT2D eigenvalue weighted by Crippen LogP contribution is -2.26. The van der Waals surface area contributed by atoms with E-state index in [1.54, 1.807) is 36.2 Å². The molecule has 0 saturated heterocycles. The van der Waals surface area contributed by atoms with Crippen LogP contribution in [0.5, 0.6) is 0 Å².